The quantitative estimate of drug-likeness (QED) is 0.443. The molecule has 1 aromatic carbocycles. The van der Waals surface area contributed by atoms with Gasteiger partial charge in [-0.15, -0.1) is 0 Å². The Balaban J connectivity index is 1.38. The van der Waals surface area contributed by atoms with Crippen molar-refractivity contribution in [2.75, 3.05) is 44.2 Å². The fourth-order valence-corrected chi connectivity index (χ4v) is 4.61. The SMILES string of the molecule is CCN(CC)C(=O)N1CCN(c2ccc(-c3cc(-c4cnn(C)c4)cc4ncncc34)cn2)CC1. The molecule has 1 fully saturated rings. The van der Waals surface area contributed by atoms with Crippen molar-refractivity contribution in [2.24, 2.45) is 7.05 Å². The van der Waals surface area contributed by atoms with E-state index in [9.17, 15) is 4.79 Å². The van der Waals surface area contributed by atoms with Crippen molar-refractivity contribution < 1.29 is 4.79 Å². The highest BCUT2D eigenvalue weighted by atomic mass is 16.2. The highest BCUT2D eigenvalue weighted by Gasteiger charge is 2.24. The number of rotatable bonds is 5. The molecule has 0 saturated carbocycles. The van der Waals surface area contributed by atoms with Crippen LogP contribution in [-0.4, -0.2) is 79.8 Å². The molecule has 9 nitrogen and oxygen atoms in total. The third-order valence-electron chi connectivity index (χ3n) is 6.63. The number of aryl methyl sites for hydroxylation is 1. The standard InChI is InChI=1S/C26H30N8O/c1-4-32(5-2)26(35)34-10-8-33(9-11-34)25-7-6-19(14-28-25)22-12-20(21-15-30-31(3)17-21)13-24-23(22)16-27-18-29-24/h6-7,12-18H,4-5,8-11H2,1-3H3. The van der Waals surface area contributed by atoms with Crippen LogP contribution in [0.25, 0.3) is 33.2 Å². The van der Waals surface area contributed by atoms with Gasteiger partial charge in [0.15, 0.2) is 0 Å². The van der Waals surface area contributed by atoms with Gasteiger partial charge in [-0.05, 0) is 49.2 Å². The Labute approximate surface area is 205 Å². The molecule has 9 heteroatoms. The lowest BCUT2D eigenvalue weighted by Gasteiger charge is -2.37. The minimum Gasteiger partial charge on any atom is -0.353 e. The molecule has 0 aliphatic carbocycles. The van der Waals surface area contributed by atoms with Crippen LogP contribution in [0.2, 0.25) is 0 Å². The van der Waals surface area contributed by atoms with Gasteiger partial charge < -0.3 is 14.7 Å². The zero-order chi connectivity index (χ0) is 24.4. The van der Waals surface area contributed by atoms with E-state index in [0.717, 1.165) is 65.2 Å². The number of anilines is 1. The molecule has 0 atom stereocenters. The summed E-state index contributed by atoms with van der Waals surface area (Å²) in [5, 5.41) is 5.30. The number of carbonyl (C=O) groups excluding carboxylic acids is 1. The highest BCUT2D eigenvalue weighted by molar-refractivity contribution is 5.97. The summed E-state index contributed by atoms with van der Waals surface area (Å²) in [6.45, 7) is 8.46. The molecule has 5 rings (SSSR count). The Hall–Kier alpha value is -4.01. The molecule has 4 aromatic rings. The van der Waals surface area contributed by atoms with Crippen molar-refractivity contribution in [1.29, 1.82) is 0 Å². The van der Waals surface area contributed by atoms with Crippen LogP contribution in [0.5, 0.6) is 0 Å². The van der Waals surface area contributed by atoms with Gasteiger partial charge in [-0.25, -0.2) is 19.7 Å². The second kappa shape index (κ2) is 9.69. The Morgan fingerprint density at radius 1 is 0.943 bits per heavy atom. The summed E-state index contributed by atoms with van der Waals surface area (Å²) < 4.78 is 1.80. The van der Waals surface area contributed by atoms with Gasteiger partial charge in [0.25, 0.3) is 0 Å². The van der Waals surface area contributed by atoms with Gasteiger partial charge in [0, 0.05) is 81.4 Å². The van der Waals surface area contributed by atoms with E-state index in [4.69, 9.17) is 4.98 Å². The number of nitrogens with zero attached hydrogens (tertiary/aromatic N) is 8. The molecule has 4 heterocycles. The molecule has 2 amide bonds. The van der Waals surface area contributed by atoms with E-state index in [1.165, 1.54) is 0 Å². The van der Waals surface area contributed by atoms with Crippen LogP contribution in [0, 0.1) is 0 Å². The van der Waals surface area contributed by atoms with E-state index in [1.54, 1.807) is 11.0 Å². The van der Waals surface area contributed by atoms with E-state index >= 15 is 0 Å². The summed E-state index contributed by atoms with van der Waals surface area (Å²) in [5.41, 5.74) is 5.02. The number of benzene rings is 1. The van der Waals surface area contributed by atoms with Gasteiger partial charge in [-0.1, -0.05) is 0 Å². The molecule has 0 radical (unpaired) electrons. The van der Waals surface area contributed by atoms with Gasteiger partial charge in [-0.2, -0.15) is 5.10 Å². The molecule has 180 valence electrons. The van der Waals surface area contributed by atoms with Crippen molar-refractivity contribution in [3.8, 4) is 22.3 Å². The van der Waals surface area contributed by atoms with E-state index in [2.05, 4.69) is 44.2 Å². The van der Waals surface area contributed by atoms with Crippen molar-refractivity contribution in [3.63, 3.8) is 0 Å². The smallest absolute Gasteiger partial charge is 0.320 e. The number of urea groups is 1. The van der Waals surface area contributed by atoms with Crippen molar-refractivity contribution in [1.82, 2.24) is 34.5 Å². The topological polar surface area (TPSA) is 83.3 Å². The molecular formula is C26H30N8O. The normalized spacial score (nSPS) is 13.9. The Morgan fingerprint density at radius 3 is 2.40 bits per heavy atom. The number of hydrogen-bond donors (Lipinski definition) is 0. The number of aromatic nitrogens is 5. The Morgan fingerprint density at radius 2 is 1.74 bits per heavy atom. The molecule has 0 unspecified atom stereocenters. The second-order valence-electron chi connectivity index (χ2n) is 8.72. The second-order valence-corrected chi connectivity index (χ2v) is 8.72. The molecule has 1 saturated heterocycles. The van der Waals surface area contributed by atoms with Gasteiger partial charge in [0.1, 0.15) is 12.1 Å². The average molecular weight is 471 g/mol. The van der Waals surface area contributed by atoms with E-state index < -0.39 is 0 Å². The first-order chi connectivity index (χ1) is 17.1. The monoisotopic (exact) mass is 470 g/mol. The van der Waals surface area contributed by atoms with Crippen molar-refractivity contribution in [2.45, 2.75) is 13.8 Å². The van der Waals surface area contributed by atoms with Crippen LogP contribution in [0.3, 0.4) is 0 Å². The van der Waals surface area contributed by atoms with Crippen molar-refractivity contribution >= 4 is 22.8 Å². The number of piperazine rings is 1. The molecule has 1 aliphatic rings. The van der Waals surface area contributed by atoms with Gasteiger partial charge in [0.2, 0.25) is 0 Å². The molecule has 0 N–H and O–H groups in total. The van der Waals surface area contributed by atoms with E-state index in [1.807, 2.05) is 55.5 Å². The predicted molar refractivity (Wildman–Crippen MR) is 137 cm³/mol. The lowest BCUT2D eigenvalue weighted by molar-refractivity contribution is 0.154. The zero-order valence-electron chi connectivity index (χ0n) is 20.4. The number of carbonyl (C=O) groups is 1. The molecular weight excluding hydrogens is 440 g/mol. The zero-order valence-corrected chi connectivity index (χ0v) is 20.4. The van der Waals surface area contributed by atoms with E-state index in [0.29, 0.717) is 13.1 Å². The summed E-state index contributed by atoms with van der Waals surface area (Å²) in [5.74, 6) is 0.924. The largest absolute Gasteiger partial charge is 0.353 e. The Kier molecular flexibility index (Phi) is 6.31. The number of hydrogen-bond acceptors (Lipinski definition) is 6. The third-order valence-corrected chi connectivity index (χ3v) is 6.63. The molecule has 3 aromatic heterocycles. The first-order valence-electron chi connectivity index (χ1n) is 12.1. The minimum absolute atomic E-state index is 0.126. The third kappa shape index (κ3) is 4.53. The lowest BCUT2D eigenvalue weighted by atomic mass is 9.97. The van der Waals surface area contributed by atoms with Crippen LogP contribution in [-0.2, 0) is 7.05 Å². The van der Waals surface area contributed by atoms with Gasteiger partial charge in [0.05, 0.1) is 11.7 Å². The first kappa shape index (κ1) is 22.8. The molecule has 35 heavy (non-hydrogen) atoms. The minimum atomic E-state index is 0.126. The number of amides is 2. The number of pyridine rings is 1. The van der Waals surface area contributed by atoms with Crippen LogP contribution >= 0.6 is 0 Å². The summed E-state index contributed by atoms with van der Waals surface area (Å²) >= 11 is 0. The first-order valence-corrected chi connectivity index (χ1v) is 12.1. The maximum atomic E-state index is 12.6. The van der Waals surface area contributed by atoms with Gasteiger partial charge >= 0.3 is 6.03 Å². The maximum absolute atomic E-state index is 12.6. The Bertz CT molecular complexity index is 1320. The lowest BCUT2D eigenvalue weighted by Crippen LogP contribution is -2.53. The fraction of sp³-hybridized carbons (Fsp3) is 0.346. The highest BCUT2D eigenvalue weighted by Crippen LogP contribution is 2.33. The molecule has 1 aliphatic heterocycles. The number of fused-ring (bicyclic) bond motifs is 1. The van der Waals surface area contributed by atoms with Gasteiger partial charge in [-0.3, -0.25) is 4.68 Å². The van der Waals surface area contributed by atoms with Crippen LogP contribution in [0.1, 0.15) is 13.8 Å². The average Bonchev–Trinajstić information content (AvgIpc) is 3.35. The fourth-order valence-electron chi connectivity index (χ4n) is 4.61. The van der Waals surface area contributed by atoms with Crippen molar-refractivity contribution in [3.05, 3.63) is 55.4 Å². The van der Waals surface area contributed by atoms with Crippen LogP contribution < -0.4 is 4.90 Å². The van der Waals surface area contributed by atoms with Crippen LogP contribution in [0.15, 0.2) is 55.4 Å². The van der Waals surface area contributed by atoms with E-state index in [-0.39, 0.29) is 6.03 Å². The molecule has 0 bridgehead atoms. The summed E-state index contributed by atoms with van der Waals surface area (Å²) in [4.78, 5) is 32.2. The summed E-state index contributed by atoms with van der Waals surface area (Å²) in [7, 11) is 1.91. The molecule has 0 spiro atoms. The van der Waals surface area contributed by atoms with Crippen LogP contribution in [0.4, 0.5) is 10.6 Å². The summed E-state index contributed by atoms with van der Waals surface area (Å²) in [6.07, 6.45) is 9.20. The maximum Gasteiger partial charge on any atom is 0.320 e. The predicted octanol–water partition coefficient (Wildman–Crippen LogP) is 3.68. The summed E-state index contributed by atoms with van der Waals surface area (Å²) in [6, 6.07) is 8.50.